The minimum Gasteiger partial charge on any atom is -0.493 e. The van der Waals surface area contributed by atoms with E-state index in [9.17, 15) is 4.79 Å². The molecule has 4 atom stereocenters. The number of ether oxygens (including phenoxy) is 3. The number of hydrogen-bond acceptors (Lipinski definition) is 6. The summed E-state index contributed by atoms with van der Waals surface area (Å²) in [4.78, 5) is 15.2. The lowest BCUT2D eigenvalue weighted by Gasteiger charge is -2.47. The first kappa shape index (κ1) is 25.9. The molecule has 0 aliphatic carbocycles. The van der Waals surface area contributed by atoms with Crippen molar-refractivity contribution in [1.29, 1.82) is 0 Å². The van der Waals surface area contributed by atoms with Crippen LogP contribution in [-0.4, -0.2) is 50.3 Å². The molecule has 7 heteroatoms. The number of carbonyl (C=O) groups is 1. The summed E-state index contributed by atoms with van der Waals surface area (Å²) in [6.45, 7) is 10.3. The van der Waals surface area contributed by atoms with Gasteiger partial charge in [0.1, 0.15) is 12.1 Å². The molecule has 2 aliphatic rings. The number of carbonyl (C=O) groups excluding carboxylic acids is 1. The molecule has 0 unspecified atom stereocenters. The van der Waals surface area contributed by atoms with Crippen LogP contribution in [0.15, 0.2) is 12.1 Å². The van der Waals surface area contributed by atoms with Gasteiger partial charge < -0.3 is 19.9 Å². The quantitative estimate of drug-likeness (QED) is 0.569. The number of methoxy groups -OCH3 is 2. The molecule has 0 spiro atoms. The van der Waals surface area contributed by atoms with E-state index < -0.39 is 6.04 Å². The van der Waals surface area contributed by atoms with Gasteiger partial charge in [-0.2, -0.15) is 0 Å². The van der Waals surface area contributed by atoms with Crippen LogP contribution in [0.2, 0.25) is 0 Å². The smallest absolute Gasteiger partial charge is 0.323 e. The van der Waals surface area contributed by atoms with Crippen molar-refractivity contribution in [2.24, 2.45) is 23.5 Å². The number of hydrogen-bond donors (Lipinski definition) is 1. The standard InChI is InChI=1S/C24H38N2O4.BrH/c1-14(2)9-17-13-26-8-7-16-10-21(28-5)22(29-6)11-18(16)19(26)12-20(17)30-24(27)23(25)15(3)4;/h10-11,14-15,17,19-20,23H,7-9,12-13,25H2,1-6H3;1H/t17-,19-,20-,23+;/m1./s1. The van der Waals surface area contributed by atoms with E-state index in [-0.39, 0.29) is 41.0 Å². The Labute approximate surface area is 197 Å². The first-order valence-corrected chi connectivity index (χ1v) is 11.2. The average molecular weight is 499 g/mol. The van der Waals surface area contributed by atoms with Crippen molar-refractivity contribution in [2.75, 3.05) is 27.3 Å². The molecule has 0 bridgehead atoms. The Kier molecular flexibility index (Phi) is 9.22. The molecule has 3 rings (SSSR count). The van der Waals surface area contributed by atoms with Gasteiger partial charge in [0, 0.05) is 31.5 Å². The topological polar surface area (TPSA) is 74.0 Å². The molecule has 6 nitrogen and oxygen atoms in total. The van der Waals surface area contributed by atoms with Crippen molar-refractivity contribution in [2.45, 2.75) is 65.1 Å². The first-order valence-electron chi connectivity index (χ1n) is 11.2. The molecule has 2 aliphatic heterocycles. The van der Waals surface area contributed by atoms with Gasteiger partial charge in [0.05, 0.1) is 14.2 Å². The molecule has 0 aromatic heterocycles. The van der Waals surface area contributed by atoms with Crippen LogP contribution in [-0.2, 0) is 16.0 Å². The second-order valence-electron chi connectivity index (χ2n) is 9.54. The fourth-order valence-electron chi connectivity index (χ4n) is 4.88. The van der Waals surface area contributed by atoms with Gasteiger partial charge in [-0.3, -0.25) is 9.69 Å². The summed E-state index contributed by atoms with van der Waals surface area (Å²) in [5, 5.41) is 0. The van der Waals surface area contributed by atoms with E-state index in [1.165, 1.54) is 11.1 Å². The van der Waals surface area contributed by atoms with Gasteiger partial charge in [-0.1, -0.05) is 27.7 Å². The van der Waals surface area contributed by atoms with Crippen LogP contribution in [0.5, 0.6) is 11.5 Å². The fraction of sp³-hybridized carbons (Fsp3) is 0.708. The first-order chi connectivity index (χ1) is 14.2. The van der Waals surface area contributed by atoms with Gasteiger partial charge in [0.15, 0.2) is 11.5 Å². The van der Waals surface area contributed by atoms with Gasteiger partial charge in [-0.15, -0.1) is 17.0 Å². The Hall–Kier alpha value is -1.31. The van der Waals surface area contributed by atoms with E-state index in [0.29, 0.717) is 11.8 Å². The summed E-state index contributed by atoms with van der Waals surface area (Å²) in [6, 6.07) is 3.84. The predicted molar refractivity (Wildman–Crippen MR) is 128 cm³/mol. The van der Waals surface area contributed by atoms with E-state index in [4.69, 9.17) is 19.9 Å². The Morgan fingerprint density at radius 2 is 1.81 bits per heavy atom. The Morgan fingerprint density at radius 3 is 2.39 bits per heavy atom. The molecule has 0 amide bonds. The number of piperidine rings is 1. The molecule has 2 N–H and O–H groups in total. The minimum absolute atomic E-state index is 0. The number of nitrogens with two attached hydrogens (primary N) is 1. The monoisotopic (exact) mass is 498 g/mol. The zero-order valence-electron chi connectivity index (χ0n) is 19.7. The summed E-state index contributed by atoms with van der Waals surface area (Å²) in [6.07, 6.45) is 2.70. The second kappa shape index (κ2) is 11.0. The lowest BCUT2D eigenvalue weighted by atomic mass is 9.79. The summed E-state index contributed by atoms with van der Waals surface area (Å²) >= 11 is 0. The molecule has 2 heterocycles. The number of benzene rings is 1. The Bertz CT molecular complexity index is 755. The Balaban J connectivity index is 0.00000341. The van der Waals surface area contributed by atoms with Crippen LogP contribution in [0.4, 0.5) is 0 Å². The molecule has 0 radical (unpaired) electrons. The third-order valence-electron chi connectivity index (χ3n) is 6.60. The zero-order valence-corrected chi connectivity index (χ0v) is 21.4. The van der Waals surface area contributed by atoms with Crippen LogP contribution in [0.3, 0.4) is 0 Å². The molecule has 1 aromatic carbocycles. The van der Waals surface area contributed by atoms with Crippen molar-refractivity contribution in [1.82, 2.24) is 4.90 Å². The predicted octanol–water partition coefficient (Wildman–Crippen LogP) is 4.14. The van der Waals surface area contributed by atoms with E-state index in [2.05, 4.69) is 30.9 Å². The zero-order chi connectivity index (χ0) is 22.0. The van der Waals surface area contributed by atoms with Crippen LogP contribution < -0.4 is 15.2 Å². The van der Waals surface area contributed by atoms with Crippen LogP contribution in [0.25, 0.3) is 0 Å². The van der Waals surface area contributed by atoms with Crippen molar-refractivity contribution in [3.05, 3.63) is 23.3 Å². The van der Waals surface area contributed by atoms with Crippen molar-refractivity contribution in [3.63, 3.8) is 0 Å². The number of rotatable bonds is 7. The summed E-state index contributed by atoms with van der Waals surface area (Å²) < 4.78 is 17.1. The Morgan fingerprint density at radius 1 is 1.16 bits per heavy atom. The molecule has 176 valence electrons. The lowest BCUT2D eigenvalue weighted by molar-refractivity contribution is -0.160. The highest BCUT2D eigenvalue weighted by atomic mass is 79.9. The van der Waals surface area contributed by atoms with E-state index in [1.807, 2.05) is 13.8 Å². The largest absolute Gasteiger partial charge is 0.493 e. The maximum atomic E-state index is 12.7. The van der Waals surface area contributed by atoms with Gasteiger partial charge in [-0.05, 0) is 47.9 Å². The van der Waals surface area contributed by atoms with Gasteiger partial charge in [0.2, 0.25) is 0 Å². The van der Waals surface area contributed by atoms with Gasteiger partial charge >= 0.3 is 5.97 Å². The highest BCUT2D eigenvalue weighted by molar-refractivity contribution is 8.93. The highest BCUT2D eigenvalue weighted by Gasteiger charge is 2.41. The van der Waals surface area contributed by atoms with Gasteiger partial charge in [0.25, 0.3) is 0 Å². The summed E-state index contributed by atoms with van der Waals surface area (Å²) in [5.74, 6) is 2.18. The lowest BCUT2D eigenvalue weighted by Crippen LogP contribution is -2.51. The number of esters is 1. The third kappa shape index (κ3) is 5.74. The van der Waals surface area contributed by atoms with Crippen LogP contribution in [0, 0.1) is 17.8 Å². The number of nitrogens with zero attached hydrogens (tertiary/aromatic N) is 1. The van der Waals surface area contributed by atoms with Crippen molar-refractivity contribution in [3.8, 4) is 11.5 Å². The van der Waals surface area contributed by atoms with Crippen LogP contribution >= 0.6 is 17.0 Å². The molecule has 31 heavy (non-hydrogen) atoms. The summed E-state index contributed by atoms with van der Waals surface area (Å²) in [5.41, 5.74) is 8.64. The molecule has 1 aromatic rings. The van der Waals surface area contributed by atoms with E-state index in [1.54, 1.807) is 14.2 Å². The number of fused-ring (bicyclic) bond motifs is 3. The molecular weight excluding hydrogens is 460 g/mol. The van der Waals surface area contributed by atoms with Crippen LogP contribution in [0.1, 0.15) is 57.7 Å². The maximum absolute atomic E-state index is 12.7. The molecule has 1 saturated heterocycles. The minimum atomic E-state index is -0.578. The van der Waals surface area contributed by atoms with E-state index in [0.717, 1.165) is 43.9 Å². The third-order valence-corrected chi connectivity index (χ3v) is 6.60. The fourth-order valence-corrected chi connectivity index (χ4v) is 4.88. The molecule has 0 saturated carbocycles. The number of halogens is 1. The normalized spacial score (nSPS) is 24.1. The highest BCUT2D eigenvalue weighted by Crippen LogP contribution is 2.44. The second-order valence-corrected chi connectivity index (χ2v) is 9.54. The molecule has 1 fully saturated rings. The maximum Gasteiger partial charge on any atom is 0.323 e. The summed E-state index contributed by atoms with van der Waals surface area (Å²) in [7, 11) is 3.34. The molecular formula is C24H39BrN2O4. The SMILES string of the molecule is Br.COc1cc2c(cc1OC)[C@H]1C[C@@H](OC(=O)[C@@H](N)C(C)C)[C@H](CC(C)C)CN1CC2. The average Bonchev–Trinajstić information content (AvgIpc) is 2.71. The van der Waals surface area contributed by atoms with Gasteiger partial charge in [-0.25, -0.2) is 0 Å². The van der Waals surface area contributed by atoms with Crippen molar-refractivity contribution >= 4 is 23.0 Å². The van der Waals surface area contributed by atoms with Crippen molar-refractivity contribution < 1.29 is 19.0 Å². The van der Waals surface area contributed by atoms with E-state index >= 15 is 0 Å².